The second kappa shape index (κ2) is 7.05. The maximum atomic E-state index is 4.12. The van der Waals surface area contributed by atoms with Crippen LogP contribution < -0.4 is 5.32 Å². The zero-order valence-corrected chi connectivity index (χ0v) is 10.6. The fourth-order valence-corrected chi connectivity index (χ4v) is 1.75. The molecule has 0 aromatic carbocycles. The largest absolute Gasteiger partial charge is 0.312 e. The van der Waals surface area contributed by atoms with E-state index in [0.29, 0.717) is 12.1 Å². The lowest BCUT2D eigenvalue weighted by Crippen LogP contribution is -2.32. The molecule has 84 valence electrons. The molecule has 0 heterocycles. The maximum Gasteiger partial charge on any atom is 0.00441 e. The molecule has 0 rings (SSSR count). The smallest absolute Gasteiger partial charge is 0.00441 e. The number of allylic oxidation sites excluding steroid dienone is 1. The van der Waals surface area contributed by atoms with Crippen LogP contribution in [0.25, 0.3) is 0 Å². The van der Waals surface area contributed by atoms with Crippen molar-refractivity contribution >= 4 is 0 Å². The Bertz CT molecular complexity index is 159. The Morgan fingerprint density at radius 2 is 1.71 bits per heavy atom. The van der Waals surface area contributed by atoms with Crippen LogP contribution in [-0.2, 0) is 0 Å². The van der Waals surface area contributed by atoms with E-state index in [2.05, 4.69) is 46.5 Å². The summed E-state index contributed by atoms with van der Waals surface area (Å²) in [5.74, 6) is 0.746. The van der Waals surface area contributed by atoms with E-state index in [1.807, 2.05) is 0 Å². The van der Waals surface area contributed by atoms with Crippen molar-refractivity contribution in [1.82, 2.24) is 5.32 Å². The van der Waals surface area contributed by atoms with Gasteiger partial charge in [0.15, 0.2) is 0 Å². The van der Waals surface area contributed by atoms with Gasteiger partial charge in [-0.1, -0.05) is 39.8 Å². The Labute approximate surface area is 90.0 Å². The molecule has 0 aliphatic rings. The van der Waals surface area contributed by atoms with Crippen molar-refractivity contribution in [2.75, 3.05) is 0 Å². The van der Waals surface area contributed by atoms with Crippen molar-refractivity contribution in [2.45, 2.75) is 66.0 Å². The van der Waals surface area contributed by atoms with E-state index < -0.39 is 0 Å². The van der Waals surface area contributed by atoms with Crippen molar-refractivity contribution in [1.29, 1.82) is 0 Å². The molecule has 1 nitrogen and oxygen atoms in total. The summed E-state index contributed by atoms with van der Waals surface area (Å²) in [5.41, 5.74) is 1.40. The van der Waals surface area contributed by atoms with Gasteiger partial charge in [0.1, 0.15) is 0 Å². The van der Waals surface area contributed by atoms with Gasteiger partial charge in [-0.2, -0.15) is 0 Å². The molecule has 0 aliphatic heterocycles. The highest BCUT2D eigenvalue weighted by Crippen LogP contribution is 2.15. The Morgan fingerprint density at radius 1 is 1.14 bits per heavy atom. The van der Waals surface area contributed by atoms with E-state index in [-0.39, 0.29) is 0 Å². The van der Waals surface area contributed by atoms with E-state index in [0.717, 1.165) is 5.92 Å². The van der Waals surface area contributed by atoms with Crippen molar-refractivity contribution in [3.63, 3.8) is 0 Å². The van der Waals surface area contributed by atoms with Crippen LogP contribution in [0.4, 0.5) is 0 Å². The van der Waals surface area contributed by atoms with Gasteiger partial charge in [0.05, 0.1) is 0 Å². The zero-order valence-electron chi connectivity index (χ0n) is 10.6. The molecule has 0 fully saturated rings. The first-order valence-electron chi connectivity index (χ1n) is 5.84. The lowest BCUT2D eigenvalue weighted by Gasteiger charge is -2.17. The van der Waals surface area contributed by atoms with Crippen LogP contribution >= 0.6 is 0 Å². The van der Waals surface area contributed by atoms with Gasteiger partial charge < -0.3 is 5.32 Å². The van der Waals surface area contributed by atoms with Crippen LogP contribution in [0, 0.1) is 5.92 Å². The van der Waals surface area contributed by atoms with E-state index in [9.17, 15) is 0 Å². The third-order valence-electron chi connectivity index (χ3n) is 2.25. The highest BCUT2D eigenvalue weighted by molar-refractivity contribution is 4.95. The summed E-state index contributed by atoms with van der Waals surface area (Å²) in [5, 5.41) is 3.51. The Morgan fingerprint density at radius 3 is 2.14 bits per heavy atom. The van der Waals surface area contributed by atoms with Crippen molar-refractivity contribution in [2.24, 2.45) is 5.92 Å². The van der Waals surface area contributed by atoms with E-state index in [1.165, 1.54) is 24.8 Å². The van der Waals surface area contributed by atoms with E-state index in [4.69, 9.17) is 0 Å². The summed E-state index contributed by atoms with van der Waals surface area (Å²) in [7, 11) is 0. The van der Waals surface area contributed by atoms with Crippen LogP contribution in [0.3, 0.4) is 0 Å². The normalized spacial score (nSPS) is 13.6. The molecule has 0 aromatic rings. The fourth-order valence-electron chi connectivity index (χ4n) is 1.75. The quantitative estimate of drug-likeness (QED) is 0.613. The summed E-state index contributed by atoms with van der Waals surface area (Å²) in [6.07, 6.45) is 3.55. The second-order valence-corrected chi connectivity index (χ2v) is 5.11. The number of hydrogen-bond acceptors (Lipinski definition) is 1. The summed E-state index contributed by atoms with van der Waals surface area (Å²) in [6, 6.07) is 1.20. The first-order valence-corrected chi connectivity index (χ1v) is 5.84. The van der Waals surface area contributed by atoms with Gasteiger partial charge in [-0.05, 0) is 32.1 Å². The fraction of sp³-hybridized carbons (Fsp3) is 0.846. The Hall–Kier alpha value is -0.300. The average molecular weight is 197 g/mol. The van der Waals surface area contributed by atoms with E-state index >= 15 is 0 Å². The third kappa shape index (κ3) is 8.31. The average Bonchev–Trinajstić information content (AvgIpc) is 1.98. The molecule has 0 aliphatic carbocycles. The topological polar surface area (TPSA) is 12.0 Å². The van der Waals surface area contributed by atoms with Crippen LogP contribution in [0.5, 0.6) is 0 Å². The minimum Gasteiger partial charge on any atom is -0.312 e. The molecule has 0 spiro atoms. The lowest BCUT2D eigenvalue weighted by atomic mass is 9.99. The molecule has 1 unspecified atom stereocenters. The molecule has 1 heteroatoms. The SMILES string of the molecule is C=C(CCC(C)NC(C)C)CC(C)C. The van der Waals surface area contributed by atoms with Gasteiger partial charge in [-0.25, -0.2) is 0 Å². The molecule has 1 atom stereocenters. The van der Waals surface area contributed by atoms with Crippen molar-refractivity contribution in [3.05, 3.63) is 12.2 Å². The molecular weight excluding hydrogens is 170 g/mol. The summed E-state index contributed by atoms with van der Waals surface area (Å²) in [4.78, 5) is 0. The number of hydrogen-bond donors (Lipinski definition) is 1. The van der Waals surface area contributed by atoms with Gasteiger partial charge in [-0.3, -0.25) is 0 Å². The van der Waals surface area contributed by atoms with Gasteiger partial charge >= 0.3 is 0 Å². The first kappa shape index (κ1) is 13.7. The summed E-state index contributed by atoms with van der Waals surface area (Å²) in [6.45, 7) is 15.3. The number of rotatable bonds is 7. The monoisotopic (exact) mass is 197 g/mol. The molecular formula is C13H27N. The maximum absolute atomic E-state index is 4.12. The van der Waals surface area contributed by atoms with Crippen molar-refractivity contribution < 1.29 is 0 Å². The molecule has 0 saturated heterocycles. The summed E-state index contributed by atoms with van der Waals surface area (Å²) < 4.78 is 0. The Kier molecular flexibility index (Phi) is 6.90. The molecule has 0 aromatic heterocycles. The third-order valence-corrected chi connectivity index (χ3v) is 2.25. The second-order valence-electron chi connectivity index (χ2n) is 5.11. The first-order chi connectivity index (χ1) is 6.41. The van der Waals surface area contributed by atoms with Crippen molar-refractivity contribution in [3.8, 4) is 0 Å². The van der Waals surface area contributed by atoms with Crippen LogP contribution in [0.2, 0.25) is 0 Å². The van der Waals surface area contributed by atoms with Gasteiger partial charge in [-0.15, -0.1) is 0 Å². The minimum atomic E-state index is 0.586. The highest BCUT2D eigenvalue weighted by Gasteiger charge is 2.05. The Balaban J connectivity index is 3.56. The van der Waals surface area contributed by atoms with Crippen LogP contribution in [-0.4, -0.2) is 12.1 Å². The molecule has 0 saturated carbocycles. The van der Waals surface area contributed by atoms with Crippen LogP contribution in [0.15, 0.2) is 12.2 Å². The van der Waals surface area contributed by atoms with Gasteiger partial charge in [0.25, 0.3) is 0 Å². The predicted octanol–water partition coefficient (Wildman–Crippen LogP) is 3.76. The van der Waals surface area contributed by atoms with Gasteiger partial charge in [0.2, 0.25) is 0 Å². The van der Waals surface area contributed by atoms with Crippen LogP contribution in [0.1, 0.15) is 53.9 Å². The summed E-state index contributed by atoms with van der Waals surface area (Å²) >= 11 is 0. The zero-order chi connectivity index (χ0) is 11.1. The standard InChI is InChI=1S/C13H27N/c1-10(2)9-12(5)7-8-13(6)14-11(3)4/h10-11,13-14H,5,7-9H2,1-4,6H3. The predicted molar refractivity (Wildman–Crippen MR) is 65.6 cm³/mol. The molecule has 1 N–H and O–H groups in total. The molecule has 0 amide bonds. The highest BCUT2D eigenvalue weighted by atomic mass is 14.9. The molecule has 0 radical (unpaired) electrons. The lowest BCUT2D eigenvalue weighted by molar-refractivity contribution is 0.460. The molecule has 0 bridgehead atoms. The number of nitrogens with one attached hydrogen (secondary N) is 1. The minimum absolute atomic E-state index is 0.586. The molecule has 14 heavy (non-hydrogen) atoms. The van der Waals surface area contributed by atoms with E-state index in [1.54, 1.807) is 0 Å². The van der Waals surface area contributed by atoms with Gasteiger partial charge in [0, 0.05) is 12.1 Å².